The Hall–Kier alpha value is -0.130. The van der Waals surface area contributed by atoms with Crippen LogP contribution in [0.4, 0.5) is 0 Å². The first-order valence-corrected chi connectivity index (χ1v) is 8.45. The molecule has 2 rings (SSSR count). The first kappa shape index (κ1) is 13.3. The summed E-state index contributed by atoms with van der Waals surface area (Å²) in [6, 6.07) is 0.292. The Balaban J connectivity index is 2.03. The summed E-state index contributed by atoms with van der Waals surface area (Å²) in [5, 5.41) is 0. The molecule has 0 aromatic rings. The molecular formula is C12H24N2O2S. The van der Waals surface area contributed by atoms with Crippen molar-refractivity contribution in [2.45, 2.75) is 51.0 Å². The maximum Gasteiger partial charge on any atom is 0.214 e. The molecule has 1 saturated heterocycles. The van der Waals surface area contributed by atoms with E-state index >= 15 is 0 Å². The zero-order valence-electron chi connectivity index (χ0n) is 10.5. The van der Waals surface area contributed by atoms with Crippen LogP contribution in [-0.2, 0) is 10.0 Å². The summed E-state index contributed by atoms with van der Waals surface area (Å²) in [6.07, 6.45) is 7.66. The Morgan fingerprint density at radius 3 is 2.47 bits per heavy atom. The minimum atomic E-state index is -3.06. The van der Waals surface area contributed by atoms with Crippen LogP contribution in [0.3, 0.4) is 0 Å². The third-order valence-electron chi connectivity index (χ3n) is 4.16. The smallest absolute Gasteiger partial charge is 0.214 e. The fourth-order valence-corrected chi connectivity index (χ4v) is 5.17. The molecule has 0 aromatic heterocycles. The number of hydrogen-bond acceptors (Lipinski definition) is 3. The Morgan fingerprint density at radius 1 is 1.12 bits per heavy atom. The number of nitrogens with two attached hydrogens (primary N) is 1. The molecule has 0 radical (unpaired) electrons. The minimum Gasteiger partial charge on any atom is -0.330 e. The monoisotopic (exact) mass is 260 g/mol. The highest BCUT2D eigenvalue weighted by atomic mass is 32.2. The molecule has 1 heterocycles. The van der Waals surface area contributed by atoms with Gasteiger partial charge in [0.2, 0.25) is 10.0 Å². The van der Waals surface area contributed by atoms with Gasteiger partial charge in [0.05, 0.1) is 5.75 Å². The van der Waals surface area contributed by atoms with Gasteiger partial charge in [0.1, 0.15) is 0 Å². The van der Waals surface area contributed by atoms with E-state index in [2.05, 4.69) is 0 Å². The van der Waals surface area contributed by atoms with Crippen LogP contribution in [0.25, 0.3) is 0 Å². The van der Waals surface area contributed by atoms with Gasteiger partial charge in [-0.3, -0.25) is 0 Å². The van der Waals surface area contributed by atoms with Crippen LogP contribution in [0, 0.1) is 5.92 Å². The van der Waals surface area contributed by atoms with E-state index in [9.17, 15) is 8.42 Å². The molecule has 0 bridgehead atoms. The zero-order chi connectivity index (χ0) is 12.3. The third-order valence-corrected chi connectivity index (χ3v) is 6.13. The standard InChI is InChI=1S/C12H24N2O2S/c13-8-4-10-17(15,16)14-9-3-7-12(14)11-5-1-2-6-11/h11-12H,1-10,13H2. The van der Waals surface area contributed by atoms with Gasteiger partial charge < -0.3 is 5.73 Å². The SMILES string of the molecule is NCCCS(=O)(=O)N1CCCC1C1CCCC1. The lowest BCUT2D eigenvalue weighted by atomic mass is 9.97. The zero-order valence-corrected chi connectivity index (χ0v) is 11.3. The molecule has 0 amide bonds. The van der Waals surface area contributed by atoms with Crippen molar-refractivity contribution < 1.29 is 8.42 Å². The molecule has 5 heteroatoms. The van der Waals surface area contributed by atoms with Crippen LogP contribution in [0.15, 0.2) is 0 Å². The van der Waals surface area contributed by atoms with Gasteiger partial charge >= 0.3 is 0 Å². The molecule has 1 atom stereocenters. The molecule has 4 nitrogen and oxygen atoms in total. The van der Waals surface area contributed by atoms with Gasteiger partial charge in [-0.05, 0) is 44.6 Å². The first-order valence-electron chi connectivity index (χ1n) is 6.85. The molecule has 100 valence electrons. The van der Waals surface area contributed by atoms with Crippen molar-refractivity contribution in [1.82, 2.24) is 4.31 Å². The maximum atomic E-state index is 12.2. The van der Waals surface area contributed by atoms with Crippen molar-refractivity contribution in [1.29, 1.82) is 0 Å². The second kappa shape index (κ2) is 5.67. The highest BCUT2D eigenvalue weighted by Gasteiger charge is 2.38. The van der Waals surface area contributed by atoms with Crippen molar-refractivity contribution in [3.05, 3.63) is 0 Å². The lowest BCUT2D eigenvalue weighted by Crippen LogP contribution is -2.40. The summed E-state index contributed by atoms with van der Waals surface area (Å²) in [5.41, 5.74) is 5.41. The second-order valence-corrected chi connectivity index (χ2v) is 7.36. The fourth-order valence-electron chi connectivity index (χ4n) is 3.31. The quantitative estimate of drug-likeness (QED) is 0.811. The molecule has 2 aliphatic rings. The van der Waals surface area contributed by atoms with E-state index in [1.807, 2.05) is 0 Å². The van der Waals surface area contributed by atoms with Crippen molar-refractivity contribution in [3.8, 4) is 0 Å². The van der Waals surface area contributed by atoms with E-state index in [0.29, 0.717) is 24.9 Å². The molecular weight excluding hydrogens is 236 g/mol. The second-order valence-electron chi connectivity index (χ2n) is 5.32. The largest absolute Gasteiger partial charge is 0.330 e. The molecule has 1 unspecified atom stereocenters. The Labute approximate surface area is 105 Å². The average molecular weight is 260 g/mol. The summed E-state index contributed by atoms with van der Waals surface area (Å²) in [7, 11) is -3.06. The normalized spacial score (nSPS) is 27.9. The number of hydrogen-bond donors (Lipinski definition) is 1. The highest BCUT2D eigenvalue weighted by Crippen LogP contribution is 2.36. The molecule has 1 aliphatic heterocycles. The number of rotatable bonds is 5. The lowest BCUT2D eigenvalue weighted by Gasteiger charge is -2.28. The topological polar surface area (TPSA) is 63.4 Å². The summed E-state index contributed by atoms with van der Waals surface area (Å²) in [6.45, 7) is 1.19. The van der Waals surface area contributed by atoms with Crippen LogP contribution >= 0.6 is 0 Å². The van der Waals surface area contributed by atoms with Gasteiger partial charge in [0.25, 0.3) is 0 Å². The Bertz CT molecular complexity index is 336. The maximum absolute atomic E-state index is 12.2. The summed E-state index contributed by atoms with van der Waals surface area (Å²) in [4.78, 5) is 0. The van der Waals surface area contributed by atoms with Gasteiger partial charge in [0, 0.05) is 12.6 Å². The number of sulfonamides is 1. The predicted octanol–water partition coefficient (Wildman–Crippen LogP) is 1.32. The first-order chi connectivity index (χ1) is 8.15. The lowest BCUT2D eigenvalue weighted by molar-refractivity contribution is 0.288. The minimum absolute atomic E-state index is 0.229. The Morgan fingerprint density at radius 2 is 1.82 bits per heavy atom. The van der Waals surface area contributed by atoms with Crippen LogP contribution in [0.2, 0.25) is 0 Å². The van der Waals surface area contributed by atoms with Gasteiger partial charge in [-0.25, -0.2) is 8.42 Å². The van der Waals surface area contributed by atoms with Gasteiger partial charge in [-0.1, -0.05) is 12.8 Å². The third kappa shape index (κ3) is 3.01. The Kier molecular flexibility index (Phi) is 4.44. The van der Waals surface area contributed by atoms with E-state index in [0.717, 1.165) is 19.4 Å². The molecule has 2 N–H and O–H groups in total. The van der Waals surface area contributed by atoms with Gasteiger partial charge in [0.15, 0.2) is 0 Å². The van der Waals surface area contributed by atoms with Crippen LogP contribution < -0.4 is 5.73 Å². The molecule has 17 heavy (non-hydrogen) atoms. The van der Waals surface area contributed by atoms with Crippen molar-refractivity contribution in [2.75, 3.05) is 18.8 Å². The van der Waals surface area contributed by atoms with Crippen molar-refractivity contribution in [2.24, 2.45) is 11.7 Å². The number of nitrogens with zero attached hydrogens (tertiary/aromatic N) is 1. The van der Waals surface area contributed by atoms with E-state index < -0.39 is 10.0 Å². The fraction of sp³-hybridized carbons (Fsp3) is 1.00. The predicted molar refractivity (Wildman–Crippen MR) is 69.1 cm³/mol. The molecule has 0 spiro atoms. The molecule has 0 aromatic carbocycles. The van der Waals surface area contributed by atoms with Gasteiger partial charge in [-0.15, -0.1) is 0 Å². The van der Waals surface area contributed by atoms with E-state index in [1.54, 1.807) is 4.31 Å². The summed E-state index contributed by atoms with van der Waals surface area (Å²) in [5.74, 6) is 0.845. The average Bonchev–Trinajstić information content (AvgIpc) is 2.95. The summed E-state index contributed by atoms with van der Waals surface area (Å²) < 4.78 is 26.2. The highest BCUT2D eigenvalue weighted by molar-refractivity contribution is 7.89. The van der Waals surface area contributed by atoms with Crippen molar-refractivity contribution >= 4 is 10.0 Å². The van der Waals surface area contributed by atoms with E-state index in [4.69, 9.17) is 5.73 Å². The van der Waals surface area contributed by atoms with E-state index in [-0.39, 0.29) is 5.75 Å². The van der Waals surface area contributed by atoms with Crippen molar-refractivity contribution in [3.63, 3.8) is 0 Å². The molecule has 1 saturated carbocycles. The van der Waals surface area contributed by atoms with Crippen LogP contribution in [0.5, 0.6) is 0 Å². The molecule has 1 aliphatic carbocycles. The van der Waals surface area contributed by atoms with Crippen LogP contribution in [0.1, 0.15) is 44.9 Å². The van der Waals surface area contributed by atoms with E-state index in [1.165, 1.54) is 25.7 Å². The van der Waals surface area contributed by atoms with Crippen LogP contribution in [-0.4, -0.2) is 37.6 Å². The molecule has 2 fully saturated rings. The summed E-state index contributed by atoms with van der Waals surface area (Å²) >= 11 is 0. The van der Waals surface area contributed by atoms with Gasteiger partial charge in [-0.2, -0.15) is 4.31 Å².